The number of carboxylic acids is 1. The minimum Gasteiger partial charge on any atom is -0.481 e. The van der Waals surface area contributed by atoms with E-state index in [0.717, 1.165) is 17.5 Å². The molecule has 1 heterocycles. The lowest BCUT2D eigenvalue weighted by molar-refractivity contribution is -0.151. The van der Waals surface area contributed by atoms with Crippen LogP contribution in [0.15, 0.2) is 18.2 Å². The van der Waals surface area contributed by atoms with E-state index >= 15 is 0 Å². The molecule has 1 aliphatic heterocycles. The van der Waals surface area contributed by atoms with Crippen LogP contribution in [-0.4, -0.2) is 17.7 Å². The van der Waals surface area contributed by atoms with Gasteiger partial charge in [-0.15, -0.1) is 0 Å². The van der Waals surface area contributed by atoms with E-state index in [1.165, 1.54) is 5.56 Å². The normalized spacial score (nSPS) is 24.6. The van der Waals surface area contributed by atoms with Gasteiger partial charge in [0.15, 0.2) is 0 Å². The van der Waals surface area contributed by atoms with Gasteiger partial charge in [-0.3, -0.25) is 4.79 Å². The van der Waals surface area contributed by atoms with Crippen LogP contribution in [0.1, 0.15) is 35.6 Å². The number of hydrogen-bond acceptors (Lipinski definition) is 2. The number of carboxylic acid groups (broad SMARTS) is 1. The van der Waals surface area contributed by atoms with Crippen LogP contribution in [0.4, 0.5) is 0 Å². The predicted molar refractivity (Wildman–Crippen MR) is 65.0 cm³/mol. The highest BCUT2D eigenvalue weighted by Gasteiger charge is 2.33. The highest BCUT2D eigenvalue weighted by molar-refractivity contribution is 5.71. The smallest absolute Gasteiger partial charge is 0.309 e. The number of rotatable bonds is 2. The van der Waals surface area contributed by atoms with Crippen LogP contribution in [0, 0.1) is 19.8 Å². The van der Waals surface area contributed by atoms with Gasteiger partial charge in [-0.05, 0) is 43.4 Å². The van der Waals surface area contributed by atoms with E-state index < -0.39 is 11.9 Å². The molecule has 1 N–H and O–H groups in total. The molecule has 17 heavy (non-hydrogen) atoms. The summed E-state index contributed by atoms with van der Waals surface area (Å²) >= 11 is 0. The summed E-state index contributed by atoms with van der Waals surface area (Å²) in [7, 11) is 0. The van der Waals surface area contributed by atoms with Crippen molar-refractivity contribution in [2.45, 2.75) is 32.8 Å². The fourth-order valence-corrected chi connectivity index (χ4v) is 2.42. The van der Waals surface area contributed by atoms with Gasteiger partial charge in [0.05, 0.1) is 12.0 Å². The van der Waals surface area contributed by atoms with Gasteiger partial charge in [0.25, 0.3) is 0 Å². The summed E-state index contributed by atoms with van der Waals surface area (Å²) < 4.78 is 5.69. The Labute approximate surface area is 101 Å². The van der Waals surface area contributed by atoms with Gasteiger partial charge < -0.3 is 9.84 Å². The average Bonchev–Trinajstić information content (AvgIpc) is 2.33. The summed E-state index contributed by atoms with van der Waals surface area (Å²) in [6.45, 7) is 4.72. The molecular formula is C14H18O3. The molecule has 3 heteroatoms. The Morgan fingerprint density at radius 3 is 2.88 bits per heavy atom. The van der Waals surface area contributed by atoms with Crippen LogP contribution in [0.25, 0.3) is 0 Å². The third kappa shape index (κ3) is 2.34. The largest absolute Gasteiger partial charge is 0.481 e. The van der Waals surface area contributed by atoms with Crippen molar-refractivity contribution in [1.29, 1.82) is 0 Å². The number of ether oxygens (including phenoxy) is 1. The zero-order valence-electron chi connectivity index (χ0n) is 10.3. The first kappa shape index (κ1) is 12.1. The summed E-state index contributed by atoms with van der Waals surface area (Å²) in [4.78, 5) is 11.3. The van der Waals surface area contributed by atoms with E-state index in [2.05, 4.69) is 0 Å². The summed E-state index contributed by atoms with van der Waals surface area (Å²) in [5, 5.41) is 9.25. The molecule has 2 atom stereocenters. The molecule has 92 valence electrons. The Morgan fingerprint density at radius 2 is 2.18 bits per heavy atom. The monoisotopic (exact) mass is 234 g/mol. The van der Waals surface area contributed by atoms with Crippen molar-refractivity contribution < 1.29 is 14.6 Å². The van der Waals surface area contributed by atoms with Gasteiger partial charge in [-0.1, -0.05) is 18.2 Å². The van der Waals surface area contributed by atoms with Crippen molar-refractivity contribution in [3.05, 3.63) is 34.9 Å². The average molecular weight is 234 g/mol. The van der Waals surface area contributed by atoms with E-state index in [0.29, 0.717) is 13.0 Å². The zero-order chi connectivity index (χ0) is 12.4. The maximum absolute atomic E-state index is 11.3. The quantitative estimate of drug-likeness (QED) is 0.855. The first-order chi connectivity index (χ1) is 8.11. The molecule has 1 saturated heterocycles. The van der Waals surface area contributed by atoms with Gasteiger partial charge in [0.1, 0.15) is 0 Å². The number of carbonyl (C=O) groups is 1. The maximum atomic E-state index is 11.3. The predicted octanol–water partition coefficient (Wildman–Crippen LogP) is 2.86. The molecule has 2 rings (SSSR count). The first-order valence-corrected chi connectivity index (χ1v) is 6.02. The highest BCUT2D eigenvalue weighted by Crippen LogP contribution is 2.35. The van der Waals surface area contributed by atoms with Crippen molar-refractivity contribution in [3.63, 3.8) is 0 Å². The van der Waals surface area contributed by atoms with E-state index in [1.54, 1.807) is 0 Å². The molecule has 0 aromatic heterocycles. The Kier molecular flexibility index (Phi) is 3.48. The molecule has 0 amide bonds. The van der Waals surface area contributed by atoms with E-state index in [4.69, 9.17) is 4.74 Å². The number of aryl methyl sites for hydroxylation is 1. The Balaban J connectivity index is 2.36. The third-order valence-electron chi connectivity index (χ3n) is 3.59. The number of benzene rings is 1. The second-order valence-corrected chi connectivity index (χ2v) is 4.67. The zero-order valence-corrected chi connectivity index (χ0v) is 10.3. The minimum atomic E-state index is -0.754. The molecule has 3 nitrogen and oxygen atoms in total. The van der Waals surface area contributed by atoms with Gasteiger partial charge in [-0.25, -0.2) is 0 Å². The fourth-order valence-electron chi connectivity index (χ4n) is 2.42. The summed E-state index contributed by atoms with van der Waals surface area (Å²) in [5.41, 5.74) is 3.35. The van der Waals surface area contributed by atoms with Crippen molar-refractivity contribution in [2.75, 3.05) is 6.61 Å². The molecule has 0 radical (unpaired) electrons. The molecule has 1 aliphatic rings. The van der Waals surface area contributed by atoms with Gasteiger partial charge in [-0.2, -0.15) is 0 Å². The van der Waals surface area contributed by atoms with Crippen molar-refractivity contribution in [1.82, 2.24) is 0 Å². The number of hydrogen-bond donors (Lipinski definition) is 1. The van der Waals surface area contributed by atoms with Crippen LogP contribution < -0.4 is 0 Å². The molecule has 0 saturated carbocycles. The Hall–Kier alpha value is -1.35. The molecule has 0 aliphatic carbocycles. The topological polar surface area (TPSA) is 46.5 Å². The van der Waals surface area contributed by atoms with Gasteiger partial charge in [0.2, 0.25) is 0 Å². The lowest BCUT2D eigenvalue weighted by atomic mass is 9.86. The second kappa shape index (κ2) is 4.88. The standard InChI is InChI=1S/C14H18O3/c1-9-5-3-6-11(10(9)2)13-12(14(15)16)7-4-8-17-13/h3,5-6,12-13H,4,7-8H2,1-2H3,(H,15,16). The summed E-state index contributed by atoms with van der Waals surface area (Å²) in [6.07, 6.45) is 1.24. The van der Waals surface area contributed by atoms with Crippen LogP contribution in [0.2, 0.25) is 0 Å². The van der Waals surface area contributed by atoms with Crippen LogP contribution >= 0.6 is 0 Å². The molecule has 1 aromatic rings. The molecule has 2 unspecified atom stereocenters. The molecular weight excluding hydrogens is 216 g/mol. The SMILES string of the molecule is Cc1cccc(C2OCCCC2C(=O)O)c1C. The van der Waals surface area contributed by atoms with Crippen LogP contribution in [0.5, 0.6) is 0 Å². The molecule has 1 fully saturated rings. The minimum absolute atomic E-state index is 0.291. The van der Waals surface area contributed by atoms with E-state index in [-0.39, 0.29) is 6.10 Å². The summed E-state index contributed by atoms with van der Waals surface area (Å²) in [6, 6.07) is 5.99. The molecule has 1 aromatic carbocycles. The van der Waals surface area contributed by atoms with Crippen molar-refractivity contribution in [2.24, 2.45) is 5.92 Å². The number of aliphatic carboxylic acids is 1. The lowest BCUT2D eigenvalue weighted by Gasteiger charge is -2.30. The van der Waals surface area contributed by atoms with Gasteiger partial charge >= 0.3 is 5.97 Å². The maximum Gasteiger partial charge on any atom is 0.309 e. The van der Waals surface area contributed by atoms with Crippen molar-refractivity contribution in [3.8, 4) is 0 Å². The second-order valence-electron chi connectivity index (χ2n) is 4.67. The van der Waals surface area contributed by atoms with Gasteiger partial charge in [0, 0.05) is 6.61 Å². The Morgan fingerprint density at radius 1 is 1.41 bits per heavy atom. The molecule has 0 bridgehead atoms. The van der Waals surface area contributed by atoms with E-state index in [9.17, 15) is 9.90 Å². The van der Waals surface area contributed by atoms with Crippen LogP contribution in [0.3, 0.4) is 0 Å². The lowest BCUT2D eigenvalue weighted by Crippen LogP contribution is -2.29. The third-order valence-corrected chi connectivity index (χ3v) is 3.59. The Bertz CT molecular complexity index is 425. The fraction of sp³-hybridized carbons (Fsp3) is 0.500. The van der Waals surface area contributed by atoms with Crippen molar-refractivity contribution >= 4 is 5.97 Å². The van der Waals surface area contributed by atoms with Crippen LogP contribution in [-0.2, 0) is 9.53 Å². The summed E-state index contributed by atoms with van der Waals surface area (Å²) in [5.74, 6) is -1.17. The highest BCUT2D eigenvalue weighted by atomic mass is 16.5. The molecule has 0 spiro atoms. The van der Waals surface area contributed by atoms with E-state index in [1.807, 2.05) is 32.0 Å². The first-order valence-electron chi connectivity index (χ1n) is 6.02.